The van der Waals surface area contributed by atoms with Crippen molar-refractivity contribution >= 4 is 17.2 Å². The zero-order valence-electron chi connectivity index (χ0n) is 15.1. The maximum absolute atomic E-state index is 12.7. The van der Waals surface area contributed by atoms with E-state index in [0.29, 0.717) is 11.0 Å². The molecule has 3 rings (SSSR count). The Labute approximate surface area is 154 Å². The van der Waals surface area contributed by atoms with E-state index in [9.17, 15) is 4.79 Å². The topological polar surface area (TPSA) is 42.0 Å². The molecule has 1 saturated carbocycles. The monoisotopic (exact) mass is 356 g/mol. The van der Waals surface area contributed by atoms with Gasteiger partial charge in [-0.15, -0.1) is 11.3 Å². The lowest BCUT2D eigenvalue weighted by atomic mass is 9.95. The number of hydrogen-bond donors (Lipinski definition) is 1. The van der Waals surface area contributed by atoms with Crippen molar-refractivity contribution in [3.05, 3.63) is 40.2 Å². The normalized spacial score (nSPS) is 15.2. The van der Waals surface area contributed by atoms with Crippen molar-refractivity contribution in [1.29, 1.82) is 0 Å². The van der Waals surface area contributed by atoms with Crippen molar-refractivity contribution in [1.82, 2.24) is 10.3 Å². The second-order valence-electron chi connectivity index (χ2n) is 6.92. The summed E-state index contributed by atoms with van der Waals surface area (Å²) in [6, 6.07) is 10.6. The molecular weight excluding hydrogens is 328 g/mol. The van der Waals surface area contributed by atoms with Gasteiger partial charge >= 0.3 is 0 Å². The molecule has 1 aliphatic rings. The fraction of sp³-hybridized carbons (Fsp3) is 0.524. The lowest BCUT2D eigenvalue weighted by molar-refractivity contribution is 0.0927. The number of carbonyl (C=O) groups excluding carboxylic acids is 1. The molecule has 25 heavy (non-hydrogen) atoms. The van der Waals surface area contributed by atoms with E-state index in [-0.39, 0.29) is 5.91 Å². The third kappa shape index (κ3) is 4.91. The standard InChI is InChI=1S/C21H28N2OS/c1-2-3-6-15-18-19(16-11-7-4-8-12-16)23-21(25-18)20(24)22-17-13-9-5-10-14-17/h4,7-8,11-12,17H,2-3,5-6,9-10,13-15H2,1H3,(H,22,24). The smallest absolute Gasteiger partial charge is 0.280 e. The molecule has 1 fully saturated rings. The van der Waals surface area contributed by atoms with Crippen LogP contribution in [0.2, 0.25) is 0 Å². The predicted molar refractivity (Wildman–Crippen MR) is 105 cm³/mol. The minimum Gasteiger partial charge on any atom is -0.347 e. The number of thiazole rings is 1. The van der Waals surface area contributed by atoms with E-state index in [1.54, 1.807) is 11.3 Å². The van der Waals surface area contributed by atoms with Gasteiger partial charge in [0.15, 0.2) is 5.01 Å². The van der Waals surface area contributed by atoms with Gasteiger partial charge in [-0.3, -0.25) is 4.79 Å². The van der Waals surface area contributed by atoms with Crippen LogP contribution in [0.3, 0.4) is 0 Å². The molecule has 4 heteroatoms. The molecule has 0 unspecified atom stereocenters. The van der Waals surface area contributed by atoms with E-state index in [2.05, 4.69) is 24.4 Å². The summed E-state index contributed by atoms with van der Waals surface area (Å²) < 4.78 is 0. The molecule has 0 spiro atoms. The Balaban J connectivity index is 1.78. The Kier molecular flexibility index (Phi) is 6.62. The Hall–Kier alpha value is -1.68. The first-order valence-electron chi connectivity index (χ1n) is 9.64. The quantitative estimate of drug-likeness (QED) is 0.656. The van der Waals surface area contributed by atoms with Gasteiger partial charge in [0, 0.05) is 16.5 Å². The lowest BCUT2D eigenvalue weighted by Crippen LogP contribution is -2.36. The zero-order chi connectivity index (χ0) is 17.5. The number of unbranched alkanes of at least 4 members (excludes halogenated alkanes) is 2. The molecule has 0 aliphatic heterocycles. The summed E-state index contributed by atoms with van der Waals surface area (Å²) in [7, 11) is 0. The predicted octanol–water partition coefficient (Wildman–Crippen LogP) is 5.61. The number of nitrogens with zero attached hydrogens (tertiary/aromatic N) is 1. The Morgan fingerprint density at radius 1 is 1.16 bits per heavy atom. The SMILES string of the molecule is CCCCCc1sc(C(=O)NC2CCCCC2)nc1-c1ccccc1. The minimum atomic E-state index is 0.0100. The number of carbonyl (C=O) groups is 1. The average molecular weight is 357 g/mol. The maximum Gasteiger partial charge on any atom is 0.280 e. The van der Waals surface area contributed by atoms with Gasteiger partial charge in [0.05, 0.1) is 5.69 Å². The Morgan fingerprint density at radius 3 is 2.64 bits per heavy atom. The number of aromatic nitrogens is 1. The number of benzene rings is 1. The van der Waals surface area contributed by atoms with Gasteiger partial charge in [-0.25, -0.2) is 4.98 Å². The number of rotatable bonds is 7. The fourth-order valence-corrected chi connectivity index (χ4v) is 4.50. The van der Waals surface area contributed by atoms with E-state index < -0.39 is 0 Å². The third-order valence-electron chi connectivity index (χ3n) is 4.89. The summed E-state index contributed by atoms with van der Waals surface area (Å²) in [5.74, 6) is 0.0100. The van der Waals surface area contributed by atoms with Crippen LogP contribution in [0.1, 0.15) is 73.0 Å². The highest BCUT2D eigenvalue weighted by Crippen LogP contribution is 2.30. The van der Waals surface area contributed by atoms with Crippen LogP contribution >= 0.6 is 11.3 Å². The van der Waals surface area contributed by atoms with Crippen LogP contribution in [0.4, 0.5) is 0 Å². The Morgan fingerprint density at radius 2 is 1.92 bits per heavy atom. The van der Waals surface area contributed by atoms with Gasteiger partial charge < -0.3 is 5.32 Å². The summed E-state index contributed by atoms with van der Waals surface area (Å²) in [4.78, 5) is 18.7. The largest absolute Gasteiger partial charge is 0.347 e. The van der Waals surface area contributed by atoms with Crippen LogP contribution in [-0.2, 0) is 6.42 Å². The van der Waals surface area contributed by atoms with Crippen molar-refractivity contribution in [2.75, 3.05) is 0 Å². The first-order valence-corrected chi connectivity index (χ1v) is 10.5. The van der Waals surface area contributed by atoms with Gasteiger partial charge in [0.25, 0.3) is 5.91 Å². The molecule has 0 bridgehead atoms. The molecule has 1 aromatic carbocycles. The maximum atomic E-state index is 12.7. The van der Waals surface area contributed by atoms with E-state index in [4.69, 9.17) is 4.98 Å². The van der Waals surface area contributed by atoms with Gasteiger partial charge in [-0.2, -0.15) is 0 Å². The summed E-state index contributed by atoms with van der Waals surface area (Å²) in [6.45, 7) is 2.22. The molecule has 1 amide bonds. The van der Waals surface area contributed by atoms with Crippen molar-refractivity contribution in [3.8, 4) is 11.3 Å². The summed E-state index contributed by atoms with van der Waals surface area (Å²) in [5, 5.41) is 3.82. The van der Waals surface area contributed by atoms with Gasteiger partial charge in [0.2, 0.25) is 0 Å². The van der Waals surface area contributed by atoms with E-state index in [1.807, 2.05) is 18.2 Å². The van der Waals surface area contributed by atoms with E-state index in [1.165, 1.54) is 37.0 Å². The highest BCUT2D eigenvalue weighted by atomic mass is 32.1. The second-order valence-corrected chi connectivity index (χ2v) is 8.01. The highest BCUT2D eigenvalue weighted by molar-refractivity contribution is 7.14. The molecule has 2 aromatic rings. The molecule has 0 atom stereocenters. The molecule has 1 aliphatic carbocycles. The molecule has 0 radical (unpaired) electrons. The summed E-state index contributed by atoms with van der Waals surface area (Å²) in [5.41, 5.74) is 2.11. The minimum absolute atomic E-state index is 0.0100. The first-order chi connectivity index (χ1) is 12.3. The highest BCUT2D eigenvalue weighted by Gasteiger charge is 2.21. The lowest BCUT2D eigenvalue weighted by Gasteiger charge is -2.22. The van der Waals surface area contributed by atoms with Crippen LogP contribution < -0.4 is 5.32 Å². The van der Waals surface area contributed by atoms with Crippen molar-refractivity contribution in [3.63, 3.8) is 0 Å². The average Bonchev–Trinajstić information content (AvgIpc) is 3.08. The van der Waals surface area contributed by atoms with Crippen LogP contribution in [0, 0.1) is 0 Å². The third-order valence-corrected chi connectivity index (χ3v) is 6.00. The van der Waals surface area contributed by atoms with Crippen LogP contribution in [0.25, 0.3) is 11.3 Å². The van der Waals surface area contributed by atoms with Gasteiger partial charge in [0.1, 0.15) is 0 Å². The van der Waals surface area contributed by atoms with E-state index in [0.717, 1.165) is 36.9 Å². The molecule has 1 aromatic heterocycles. The molecule has 0 saturated heterocycles. The van der Waals surface area contributed by atoms with Gasteiger partial charge in [-0.05, 0) is 25.7 Å². The van der Waals surface area contributed by atoms with Crippen molar-refractivity contribution in [2.45, 2.75) is 70.8 Å². The van der Waals surface area contributed by atoms with Crippen LogP contribution in [0.5, 0.6) is 0 Å². The number of hydrogen-bond acceptors (Lipinski definition) is 3. The number of aryl methyl sites for hydroxylation is 1. The van der Waals surface area contributed by atoms with E-state index >= 15 is 0 Å². The second kappa shape index (κ2) is 9.14. The molecule has 1 N–H and O–H groups in total. The zero-order valence-corrected chi connectivity index (χ0v) is 15.9. The molecule has 134 valence electrons. The van der Waals surface area contributed by atoms with Crippen molar-refractivity contribution in [2.24, 2.45) is 0 Å². The molecular formula is C21H28N2OS. The van der Waals surface area contributed by atoms with Crippen LogP contribution in [0.15, 0.2) is 30.3 Å². The number of nitrogens with one attached hydrogen (secondary N) is 1. The molecule has 1 heterocycles. The summed E-state index contributed by atoms with van der Waals surface area (Å²) in [6.07, 6.45) is 10.5. The Bertz CT molecular complexity index is 674. The first kappa shape index (κ1) is 18.1. The van der Waals surface area contributed by atoms with Gasteiger partial charge in [-0.1, -0.05) is 69.4 Å². The summed E-state index contributed by atoms with van der Waals surface area (Å²) >= 11 is 1.58. The van der Waals surface area contributed by atoms with Crippen molar-refractivity contribution < 1.29 is 4.79 Å². The fourth-order valence-electron chi connectivity index (χ4n) is 3.47. The van der Waals surface area contributed by atoms with Crippen LogP contribution in [-0.4, -0.2) is 16.9 Å². The number of amides is 1. The molecule has 3 nitrogen and oxygen atoms in total.